The average molecular weight is 225 g/mol. The standard InChI is InChI=1S/C10H19N5O/c1-4-15(8(2)7-16-3)10-6-12-5-9(13-10)14-11/h5-6,8H,4,7,11H2,1-3H3,(H,13,14). The molecule has 0 radical (unpaired) electrons. The average Bonchev–Trinajstić information content (AvgIpc) is 2.31. The number of nitrogens with two attached hydrogens (primary N) is 1. The van der Waals surface area contributed by atoms with E-state index in [4.69, 9.17) is 10.6 Å². The molecule has 6 heteroatoms. The van der Waals surface area contributed by atoms with E-state index in [1.165, 1.54) is 0 Å². The van der Waals surface area contributed by atoms with Crippen molar-refractivity contribution in [3.05, 3.63) is 12.4 Å². The highest BCUT2D eigenvalue weighted by molar-refractivity contribution is 5.43. The first-order chi connectivity index (χ1) is 7.72. The minimum atomic E-state index is 0.248. The van der Waals surface area contributed by atoms with Gasteiger partial charge in [0.2, 0.25) is 0 Å². The summed E-state index contributed by atoms with van der Waals surface area (Å²) in [7, 11) is 1.69. The minimum absolute atomic E-state index is 0.248. The maximum absolute atomic E-state index is 5.30. The van der Waals surface area contributed by atoms with Crippen molar-refractivity contribution in [1.29, 1.82) is 0 Å². The molecule has 6 nitrogen and oxygen atoms in total. The molecule has 0 bridgehead atoms. The molecule has 1 aromatic rings. The summed E-state index contributed by atoms with van der Waals surface area (Å²) >= 11 is 0. The summed E-state index contributed by atoms with van der Waals surface area (Å²) in [5.74, 6) is 6.65. The Hall–Kier alpha value is -1.40. The SMILES string of the molecule is CCN(c1cncc(NN)n1)C(C)COC. The van der Waals surface area contributed by atoms with Gasteiger partial charge in [0.1, 0.15) is 5.82 Å². The van der Waals surface area contributed by atoms with Crippen LogP contribution in [0.3, 0.4) is 0 Å². The van der Waals surface area contributed by atoms with Crippen molar-refractivity contribution in [1.82, 2.24) is 9.97 Å². The van der Waals surface area contributed by atoms with Crippen molar-refractivity contribution in [3.8, 4) is 0 Å². The first-order valence-corrected chi connectivity index (χ1v) is 5.27. The Morgan fingerprint density at radius 3 is 2.88 bits per heavy atom. The molecule has 3 N–H and O–H groups in total. The molecule has 1 aromatic heterocycles. The fraction of sp³-hybridized carbons (Fsp3) is 0.600. The molecule has 0 saturated heterocycles. The number of rotatable bonds is 6. The second-order valence-electron chi connectivity index (χ2n) is 3.50. The van der Waals surface area contributed by atoms with Gasteiger partial charge in [-0.1, -0.05) is 0 Å². The normalized spacial score (nSPS) is 12.2. The molecule has 0 aliphatic rings. The molecule has 0 aliphatic heterocycles. The smallest absolute Gasteiger partial charge is 0.160 e. The van der Waals surface area contributed by atoms with Crippen molar-refractivity contribution < 1.29 is 4.74 Å². The van der Waals surface area contributed by atoms with Crippen LogP contribution in [0.4, 0.5) is 11.6 Å². The van der Waals surface area contributed by atoms with E-state index in [0.717, 1.165) is 12.4 Å². The van der Waals surface area contributed by atoms with Gasteiger partial charge in [0.25, 0.3) is 0 Å². The number of hydrogen-bond donors (Lipinski definition) is 2. The lowest BCUT2D eigenvalue weighted by Crippen LogP contribution is -2.36. The van der Waals surface area contributed by atoms with E-state index in [1.54, 1.807) is 19.5 Å². The van der Waals surface area contributed by atoms with Crippen LogP contribution in [0.1, 0.15) is 13.8 Å². The first kappa shape index (κ1) is 12.7. The maximum atomic E-state index is 5.30. The summed E-state index contributed by atoms with van der Waals surface area (Å²) < 4.78 is 5.13. The van der Waals surface area contributed by atoms with Gasteiger partial charge in [-0.25, -0.2) is 10.8 Å². The van der Waals surface area contributed by atoms with Crippen LogP contribution in [0.25, 0.3) is 0 Å². The Labute approximate surface area is 95.8 Å². The third-order valence-corrected chi connectivity index (χ3v) is 2.34. The molecule has 1 atom stereocenters. The summed E-state index contributed by atoms with van der Waals surface area (Å²) in [6, 6.07) is 0.248. The second kappa shape index (κ2) is 6.24. The first-order valence-electron chi connectivity index (χ1n) is 5.27. The third kappa shape index (κ3) is 3.04. The van der Waals surface area contributed by atoms with Gasteiger partial charge in [-0.3, -0.25) is 4.98 Å². The van der Waals surface area contributed by atoms with Crippen LogP contribution in [-0.2, 0) is 4.74 Å². The quantitative estimate of drug-likeness (QED) is 0.546. The molecule has 0 amide bonds. The van der Waals surface area contributed by atoms with Gasteiger partial charge in [0, 0.05) is 13.7 Å². The minimum Gasteiger partial charge on any atom is -0.383 e. The molecular weight excluding hydrogens is 206 g/mol. The number of anilines is 2. The van der Waals surface area contributed by atoms with Gasteiger partial charge in [-0.2, -0.15) is 0 Å². The van der Waals surface area contributed by atoms with Crippen LogP contribution < -0.4 is 16.2 Å². The third-order valence-electron chi connectivity index (χ3n) is 2.34. The van der Waals surface area contributed by atoms with Crippen molar-refractivity contribution >= 4 is 11.6 Å². The Morgan fingerprint density at radius 2 is 2.31 bits per heavy atom. The Balaban J connectivity index is 2.85. The number of likely N-dealkylation sites (N-methyl/N-ethyl adjacent to an activating group) is 1. The fourth-order valence-electron chi connectivity index (χ4n) is 1.59. The highest BCUT2D eigenvalue weighted by Crippen LogP contribution is 2.14. The second-order valence-corrected chi connectivity index (χ2v) is 3.50. The number of aromatic nitrogens is 2. The van der Waals surface area contributed by atoms with E-state index in [-0.39, 0.29) is 6.04 Å². The van der Waals surface area contributed by atoms with E-state index in [2.05, 4.69) is 34.1 Å². The van der Waals surface area contributed by atoms with Gasteiger partial charge in [0.05, 0.1) is 25.0 Å². The summed E-state index contributed by atoms with van der Waals surface area (Å²) in [6.45, 7) is 5.64. The lowest BCUT2D eigenvalue weighted by atomic mass is 10.3. The van der Waals surface area contributed by atoms with Crippen molar-refractivity contribution in [2.45, 2.75) is 19.9 Å². The zero-order valence-electron chi connectivity index (χ0n) is 9.97. The van der Waals surface area contributed by atoms with Gasteiger partial charge in [0.15, 0.2) is 5.82 Å². The molecule has 16 heavy (non-hydrogen) atoms. The highest BCUT2D eigenvalue weighted by atomic mass is 16.5. The van der Waals surface area contributed by atoms with Crippen molar-refractivity contribution in [2.75, 3.05) is 30.6 Å². The van der Waals surface area contributed by atoms with Gasteiger partial charge in [-0.05, 0) is 13.8 Å². The summed E-state index contributed by atoms with van der Waals surface area (Å²) in [5, 5.41) is 0. The zero-order valence-corrected chi connectivity index (χ0v) is 9.97. The van der Waals surface area contributed by atoms with E-state index in [1.807, 2.05) is 0 Å². The van der Waals surface area contributed by atoms with Crippen LogP contribution in [0, 0.1) is 0 Å². The molecule has 0 aromatic carbocycles. The number of hydrazine groups is 1. The number of nitrogens with zero attached hydrogens (tertiary/aromatic N) is 3. The van der Waals surface area contributed by atoms with Crippen LogP contribution >= 0.6 is 0 Å². The Morgan fingerprint density at radius 1 is 1.56 bits per heavy atom. The summed E-state index contributed by atoms with van der Waals surface area (Å²) in [5.41, 5.74) is 2.49. The van der Waals surface area contributed by atoms with Crippen LogP contribution in [-0.4, -0.2) is 36.3 Å². The zero-order chi connectivity index (χ0) is 12.0. The Bertz CT molecular complexity index is 320. The fourth-order valence-corrected chi connectivity index (χ4v) is 1.59. The van der Waals surface area contributed by atoms with E-state index >= 15 is 0 Å². The van der Waals surface area contributed by atoms with Crippen LogP contribution in [0.2, 0.25) is 0 Å². The molecule has 1 heterocycles. The monoisotopic (exact) mass is 225 g/mol. The molecule has 1 unspecified atom stereocenters. The molecule has 0 fully saturated rings. The lowest BCUT2D eigenvalue weighted by molar-refractivity contribution is 0.181. The van der Waals surface area contributed by atoms with Crippen molar-refractivity contribution in [3.63, 3.8) is 0 Å². The summed E-state index contributed by atoms with van der Waals surface area (Å²) in [4.78, 5) is 10.5. The number of nitrogen functional groups attached to an aromatic ring is 1. The van der Waals surface area contributed by atoms with E-state index < -0.39 is 0 Å². The van der Waals surface area contributed by atoms with Gasteiger partial charge < -0.3 is 15.1 Å². The predicted molar refractivity (Wildman–Crippen MR) is 64.2 cm³/mol. The van der Waals surface area contributed by atoms with E-state index in [9.17, 15) is 0 Å². The highest BCUT2D eigenvalue weighted by Gasteiger charge is 2.14. The predicted octanol–water partition coefficient (Wildman–Crippen LogP) is 0.623. The molecule has 0 aliphatic carbocycles. The van der Waals surface area contributed by atoms with Crippen molar-refractivity contribution in [2.24, 2.45) is 5.84 Å². The molecule has 0 saturated carbocycles. The number of ether oxygens (including phenoxy) is 1. The molecule has 90 valence electrons. The number of nitrogens with one attached hydrogen (secondary N) is 1. The van der Waals surface area contributed by atoms with Crippen LogP contribution in [0.15, 0.2) is 12.4 Å². The topological polar surface area (TPSA) is 76.3 Å². The van der Waals surface area contributed by atoms with Gasteiger partial charge >= 0.3 is 0 Å². The molecular formula is C10H19N5O. The van der Waals surface area contributed by atoms with E-state index in [0.29, 0.717) is 12.4 Å². The molecule has 0 spiro atoms. The lowest BCUT2D eigenvalue weighted by Gasteiger charge is -2.28. The van der Waals surface area contributed by atoms with Gasteiger partial charge in [-0.15, -0.1) is 0 Å². The number of hydrogen-bond acceptors (Lipinski definition) is 6. The number of methoxy groups -OCH3 is 1. The van der Waals surface area contributed by atoms with Crippen LogP contribution in [0.5, 0.6) is 0 Å². The molecule has 1 rings (SSSR count). The maximum Gasteiger partial charge on any atom is 0.160 e. The summed E-state index contributed by atoms with van der Waals surface area (Å²) in [6.07, 6.45) is 3.30. The Kier molecular flexibility index (Phi) is 4.94. The largest absolute Gasteiger partial charge is 0.383 e.